The van der Waals surface area contributed by atoms with Crippen molar-refractivity contribution >= 4 is 23.4 Å². The first-order valence-electron chi connectivity index (χ1n) is 12.7. The van der Waals surface area contributed by atoms with E-state index in [1.165, 1.54) is 0 Å². The Morgan fingerprint density at radius 2 is 1.71 bits per heavy atom. The summed E-state index contributed by atoms with van der Waals surface area (Å²) in [7, 11) is 3.12. The van der Waals surface area contributed by atoms with Gasteiger partial charge in [-0.3, -0.25) is 9.59 Å². The molecule has 0 aromatic heterocycles. The van der Waals surface area contributed by atoms with Crippen LogP contribution in [0.4, 0.5) is 0 Å². The number of hydrogen-bond acceptors (Lipinski definition) is 5. The molecule has 3 aromatic carbocycles. The van der Waals surface area contributed by atoms with Gasteiger partial charge in [0.1, 0.15) is 6.04 Å². The van der Waals surface area contributed by atoms with E-state index in [1.807, 2.05) is 48.5 Å². The van der Waals surface area contributed by atoms with Gasteiger partial charge in [0.05, 0.1) is 26.7 Å². The first-order chi connectivity index (χ1) is 18.5. The number of rotatable bonds is 11. The molecule has 38 heavy (non-hydrogen) atoms. The topological polar surface area (TPSA) is 77.1 Å². The Morgan fingerprint density at radius 3 is 2.37 bits per heavy atom. The number of nitrogens with zero attached hydrogens (tertiary/aromatic N) is 1. The minimum atomic E-state index is -0.832. The number of methoxy groups -OCH3 is 2. The fourth-order valence-electron chi connectivity index (χ4n) is 4.60. The van der Waals surface area contributed by atoms with Crippen LogP contribution in [0.2, 0.25) is 5.02 Å². The molecule has 0 radical (unpaired) electrons. The quantitative estimate of drug-likeness (QED) is 0.374. The molecule has 7 nitrogen and oxygen atoms in total. The highest BCUT2D eigenvalue weighted by Gasteiger charge is 2.32. The molecule has 200 valence electrons. The molecular weight excluding hydrogens is 504 g/mol. The Balaban J connectivity index is 1.66. The lowest BCUT2D eigenvalue weighted by Gasteiger charge is -2.32. The molecule has 1 fully saturated rings. The van der Waals surface area contributed by atoms with Crippen molar-refractivity contribution in [3.05, 3.63) is 94.5 Å². The minimum Gasteiger partial charge on any atom is -0.493 e. The zero-order chi connectivity index (χ0) is 26.9. The maximum Gasteiger partial charge on any atom is 0.247 e. The smallest absolute Gasteiger partial charge is 0.247 e. The summed E-state index contributed by atoms with van der Waals surface area (Å²) >= 11 is 6.11. The van der Waals surface area contributed by atoms with E-state index in [-0.39, 0.29) is 30.9 Å². The molecule has 2 amide bonds. The summed E-state index contributed by atoms with van der Waals surface area (Å²) in [5.41, 5.74) is 2.34. The van der Waals surface area contributed by atoms with E-state index in [0.717, 1.165) is 29.5 Å². The minimum absolute atomic E-state index is 0.0115. The largest absolute Gasteiger partial charge is 0.493 e. The Morgan fingerprint density at radius 1 is 1.00 bits per heavy atom. The Kier molecular flexibility index (Phi) is 9.62. The Bertz CT molecular complexity index is 1210. The predicted octanol–water partition coefficient (Wildman–Crippen LogP) is 4.97. The second-order valence-electron chi connectivity index (χ2n) is 9.21. The molecule has 0 unspecified atom stereocenters. The molecule has 0 saturated carbocycles. The van der Waals surface area contributed by atoms with E-state index >= 15 is 0 Å². The summed E-state index contributed by atoms with van der Waals surface area (Å²) in [6.45, 7) is 1.34. The van der Waals surface area contributed by atoms with Gasteiger partial charge in [-0.05, 0) is 53.8 Å². The molecule has 1 N–H and O–H groups in total. The first kappa shape index (κ1) is 27.5. The van der Waals surface area contributed by atoms with E-state index in [1.54, 1.807) is 43.4 Å². The molecule has 1 saturated heterocycles. The van der Waals surface area contributed by atoms with Crippen LogP contribution < -0.4 is 14.8 Å². The van der Waals surface area contributed by atoms with Gasteiger partial charge in [-0.25, -0.2) is 0 Å². The molecule has 0 aliphatic carbocycles. The fourth-order valence-corrected chi connectivity index (χ4v) is 4.73. The fraction of sp³-hybridized carbons (Fsp3) is 0.333. The van der Waals surface area contributed by atoms with E-state index in [9.17, 15) is 9.59 Å². The van der Waals surface area contributed by atoms with Crippen molar-refractivity contribution in [1.29, 1.82) is 0 Å². The summed E-state index contributed by atoms with van der Waals surface area (Å²) in [5.74, 6) is 0.669. The van der Waals surface area contributed by atoms with Gasteiger partial charge >= 0.3 is 0 Å². The Labute approximate surface area is 228 Å². The van der Waals surface area contributed by atoms with Crippen molar-refractivity contribution in [2.75, 3.05) is 27.4 Å². The summed E-state index contributed by atoms with van der Waals surface area (Å²) in [4.78, 5) is 29.3. The van der Waals surface area contributed by atoms with Gasteiger partial charge in [0.2, 0.25) is 11.8 Å². The second kappa shape index (κ2) is 13.3. The number of nitrogens with one attached hydrogen (secondary N) is 1. The van der Waals surface area contributed by atoms with Crippen LogP contribution in [0.3, 0.4) is 0 Å². The highest BCUT2D eigenvalue weighted by molar-refractivity contribution is 6.30. The molecule has 3 aromatic rings. The lowest BCUT2D eigenvalue weighted by Crippen LogP contribution is -2.45. The summed E-state index contributed by atoms with van der Waals surface area (Å²) < 4.78 is 16.5. The molecule has 0 bridgehead atoms. The van der Waals surface area contributed by atoms with Gasteiger partial charge in [0.25, 0.3) is 0 Å². The molecule has 0 spiro atoms. The van der Waals surface area contributed by atoms with Crippen LogP contribution in [-0.4, -0.2) is 50.2 Å². The number of halogens is 1. The normalized spacial score (nSPS) is 15.5. The summed E-state index contributed by atoms with van der Waals surface area (Å²) in [6, 6.07) is 21.2. The van der Waals surface area contributed by atoms with Crippen molar-refractivity contribution < 1.29 is 23.8 Å². The van der Waals surface area contributed by atoms with Crippen molar-refractivity contribution in [2.45, 2.75) is 38.0 Å². The maximum atomic E-state index is 13.9. The average Bonchev–Trinajstić information content (AvgIpc) is 3.47. The number of amides is 2. The number of benzene rings is 3. The van der Waals surface area contributed by atoms with Gasteiger partial charge in [0, 0.05) is 24.7 Å². The summed E-state index contributed by atoms with van der Waals surface area (Å²) in [5, 5.41) is 3.64. The highest BCUT2D eigenvalue weighted by atomic mass is 35.5. The number of carbonyl (C=O) groups excluding carboxylic acids is 2. The highest BCUT2D eigenvalue weighted by Crippen LogP contribution is 2.30. The van der Waals surface area contributed by atoms with Crippen LogP contribution in [0.25, 0.3) is 0 Å². The second-order valence-corrected chi connectivity index (χ2v) is 9.64. The zero-order valence-electron chi connectivity index (χ0n) is 21.7. The molecule has 4 rings (SSSR count). The average molecular weight is 537 g/mol. The number of carbonyl (C=O) groups is 2. The van der Waals surface area contributed by atoms with E-state index < -0.39 is 6.04 Å². The van der Waals surface area contributed by atoms with Crippen LogP contribution in [-0.2, 0) is 27.3 Å². The SMILES string of the molecule is COc1ccc(CC(=O)N(Cc2ccc(Cl)cc2)[C@@H](C(=O)NC[C@@H]2CCCO2)c2ccccc2)cc1OC. The van der Waals surface area contributed by atoms with Crippen molar-refractivity contribution in [2.24, 2.45) is 0 Å². The molecule has 1 aliphatic rings. The van der Waals surface area contributed by atoms with E-state index in [0.29, 0.717) is 29.7 Å². The van der Waals surface area contributed by atoms with Gasteiger partial charge in [-0.15, -0.1) is 0 Å². The van der Waals surface area contributed by atoms with Gasteiger partial charge in [-0.2, -0.15) is 0 Å². The predicted molar refractivity (Wildman–Crippen MR) is 146 cm³/mol. The van der Waals surface area contributed by atoms with Crippen LogP contribution in [0.15, 0.2) is 72.8 Å². The monoisotopic (exact) mass is 536 g/mol. The lowest BCUT2D eigenvalue weighted by atomic mass is 10.0. The van der Waals surface area contributed by atoms with Gasteiger partial charge in [-0.1, -0.05) is 60.1 Å². The van der Waals surface area contributed by atoms with Crippen LogP contribution in [0.5, 0.6) is 11.5 Å². The van der Waals surface area contributed by atoms with Crippen LogP contribution in [0.1, 0.15) is 35.6 Å². The zero-order valence-corrected chi connectivity index (χ0v) is 22.4. The third-order valence-electron chi connectivity index (χ3n) is 6.59. The van der Waals surface area contributed by atoms with Crippen LogP contribution >= 0.6 is 11.6 Å². The first-order valence-corrected chi connectivity index (χ1v) is 13.1. The third kappa shape index (κ3) is 7.05. The lowest BCUT2D eigenvalue weighted by molar-refractivity contribution is -0.141. The standard InChI is InChI=1S/C30H33ClN2O5/c1-36-26-15-12-22(17-27(26)37-2)18-28(34)33(20-21-10-13-24(31)14-11-21)29(23-7-4-3-5-8-23)30(35)32-19-25-9-6-16-38-25/h3-5,7-8,10-15,17,25,29H,6,9,16,18-20H2,1-2H3,(H,32,35)/t25-,29+/m0/s1. The number of hydrogen-bond donors (Lipinski definition) is 1. The van der Waals surface area contributed by atoms with Crippen molar-refractivity contribution in [1.82, 2.24) is 10.2 Å². The van der Waals surface area contributed by atoms with E-state index in [4.69, 9.17) is 25.8 Å². The van der Waals surface area contributed by atoms with Crippen molar-refractivity contribution in [3.63, 3.8) is 0 Å². The molecule has 1 aliphatic heterocycles. The molecule has 8 heteroatoms. The van der Waals surface area contributed by atoms with Crippen molar-refractivity contribution in [3.8, 4) is 11.5 Å². The molecular formula is C30H33ClN2O5. The van der Waals surface area contributed by atoms with Gasteiger partial charge < -0.3 is 24.4 Å². The maximum absolute atomic E-state index is 13.9. The molecule has 1 heterocycles. The summed E-state index contributed by atoms with van der Waals surface area (Å²) in [6.07, 6.45) is 1.96. The Hall–Kier alpha value is -3.55. The van der Waals surface area contributed by atoms with E-state index in [2.05, 4.69) is 5.32 Å². The molecule has 2 atom stereocenters. The third-order valence-corrected chi connectivity index (χ3v) is 6.85. The number of ether oxygens (including phenoxy) is 3. The van der Waals surface area contributed by atoms with Crippen LogP contribution in [0, 0.1) is 0 Å². The van der Waals surface area contributed by atoms with Gasteiger partial charge in [0.15, 0.2) is 11.5 Å².